The number of benzene rings is 2. The molecule has 0 saturated heterocycles. The summed E-state index contributed by atoms with van der Waals surface area (Å²) in [6.07, 6.45) is 0.800. The summed E-state index contributed by atoms with van der Waals surface area (Å²) in [5, 5.41) is 0. The first-order valence-corrected chi connectivity index (χ1v) is 6.88. The van der Waals surface area contributed by atoms with Crippen LogP contribution in [0.5, 0.6) is 11.5 Å². The van der Waals surface area contributed by atoms with Gasteiger partial charge in [-0.25, -0.2) is 0 Å². The topological polar surface area (TPSA) is 35.5 Å². The zero-order valence-corrected chi connectivity index (χ0v) is 12.9. The van der Waals surface area contributed by atoms with Crippen LogP contribution in [-0.4, -0.2) is 13.4 Å². The van der Waals surface area contributed by atoms with E-state index in [0.29, 0.717) is 23.7 Å². The molecule has 0 aliphatic heterocycles. The zero-order valence-electron chi connectivity index (χ0n) is 12.9. The average Bonchev–Trinajstić information content (AvgIpc) is 2.45. The normalized spacial score (nSPS) is 10.3. The predicted molar refractivity (Wildman–Crippen MR) is 83.4 cm³/mol. The standard InChI is InChI=1S/C18H20O3/c1-12-7-13(2)16(14(3)8-12)11-21-18-9-15(10-19)5-6-17(18)20-4/h5-10H,11H2,1-4H3. The molecule has 0 aliphatic carbocycles. The maximum Gasteiger partial charge on any atom is 0.162 e. The average molecular weight is 284 g/mol. The summed E-state index contributed by atoms with van der Waals surface area (Å²) < 4.78 is 11.1. The SMILES string of the molecule is COc1ccc(C=O)cc1OCc1c(C)cc(C)cc1C. The number of carbonyl (C=O) groups is 1. The number of hydrogen-bond acceptors (Lipinski definition) is 3. The Kier molecular flexibility index (Phi) is 4.63. The number of aldehydes is 1. The maximum absolute atomic E-state index is 10.9. The Hall–Kier alpha value is -2.29. The second-order valence-electron chi connectivity index (χ2n) is 5.19. The molecule has 21 heavy (non-hydrogen) atoms. The molecule has 3 nitrogen and oxygen atoms in total. The molecule has 0 aliphatic rings. The molecule has 0 saturated carbocycles. The summed E-state index contributed by atoms with van der Waals surface area (Å²) >= 11 is 0. The van der Waals surface area contributed by atoms with Crippen molar-refractivity contribution in [3.05, 3.63) is 58.1 Å². The van der Waals surface area contributed by atoms with E-state index in [9.17, 15) is 4.79 Å². The molecule has 0 amide bonds. The third kappa shape index (κ3) is 3.43. The first-order chi connectivity index (χ1) is 10.0. The lowest BCUT2D eigenvalue weighted by Crippen LogP contribution is -2.03. The lowest BCUT2D eigenvalue weighted by atomic mass is 10.0. The van der Waals surface area contributed by atoms with Crippen LogP contribution >= 0.6 is 0 Å². The summed E-state index contributed by atoms with van der Waals surface area (Å²) in [5.41, 5.74) is 5.40. The van der Waals surface area contributed by atoms with E-state index in [4.69, 9.17) is 9.47 Å². The zero-order chi connectivity index (χ0) is 15.4. The molecule has 0 N–H and O–H groups in total. The van der Waals surface area contributed by atoms with Crippen LogP contribution in [0.3, 0.4) is 0 Å². The molecule has 0 bridgehead atoms. The van der Waals surface area contributed by atoms with Gasteiger partial charge >= 0.3 is 0 Å². The van der Waals surface area contributed by atoms with Crippen LogP contribution in [0.1, 0.15) is 32.6 Å². The van der Waals surface area contributed by atoms with Gasteiger partial charge in [0.05, 0.1) is 7.11 Å². The Morgan fingerprint density at radius 2 is 1.67 bits per heavy atom. The minimum absolute atomic E-state index is 0.455. The maximum atomic E-state index is 10.9. The van der Waals surface area contributed by atoms with Gasteiger partial charge in [0.1, 0.15) is 12.9 Å². The largest absolute Gasteiger partial charge is 0.493 e. The summed E-state index contributed by atoms with van der Waals surface area (Å²) in [4.78, 5) is 10.9. The molecule has 110 valence electrons. The summed E-state index contributed by atoms with van der Waals surface area (Å²) in [6.45, 7) is 6.70. The van der Waals surface area contributed by atoms with Crippen LogP contribution in [0.15, 0.2) is 30.3 Å². The van der Waals surface area contributed by atoms with Crippen molar-refractivity contribution in [1.29, 1.82) is 0 Å². The van der Waals surface area contributed by atoms with Gasteiger partial charge in [-0.2, -0.15) is 0 Å². The molecule has 0 spiro atoms. The van der Waals surface area contributed by atoms with E-state index in [1.807, 2.05) is 0 Å². The molecular formula is C18H20O3. The second-order valence-corrected chi connectivity index (χ2v) is 5.19. The van der Waals surface area contributed by atoms with E-state index in [1.165, 1.54) is 22.3 Å². The smallest absolute Gasteiger partial charge is 0.162 e. The molecule has 0 radical (unpaired) electrons. The lowest BCUT2D eigenvalue weighted by molar-refractivity contribution is 0.112. The van der Waals surface area contributed by atoms with E-state index < -0.39 is 0 Å². The number of aryl methyl sites for hydroxylation is 3. The van der Waals surface area contributed by atoms with E-state index in [2.05, 4.69) is 32.9 Å². The molecular weight excluding hydrogens is 264 g/mol. The van der Waals surface area contributed by atoms with Crippen molar-refractivity contribution < 1.29 is 14.3 Å². The van der Waals surface area contributed by atoms with Crippen molar-refractivity contribution in [2.24, 2.45) is 0 Å². The second kappa shape index (κ2) is 6.44. The highest BCUT2D eigenvalue weighted by Gasteiger charge is 2.09. The van der Waals surface area contributed by atoms with Crippen molar-refractivity contribution in [2.75, 3.05) is 7.11 Å². The Bertz CT molecular complexity index is 637. The fourth-order valence-electron chi connectivity index (χ4n) is 2.47. The highest BCUT2D eigenvalue weighted by atomic mass is 16.5. The van der Waals surface area contributed by atoms with E-state index >= 15 is 0 Å². The van der Waals surface area contributed by atoms with Gasteiger partial charge in [0, 0.05) is 5.56 Å². The molecule has 0 fully saturated rings. The van der Waals surface area contributed by atoms with Crippen LogP contribution in [0.2, 0.25) is 0 Å². The summed E-state index contributed by atoms with van der Waals surface area (Å²) in [7, 11) is 1.59. The van der Waals surface area contributed by atoms with Crippen LogP contribution < -0.4 is 9.47 Å². The summed E-state index contributed by atoms with van der Waals surface area (Å²) in [5.74, 6) is 1.21. The van der Waals surface area contributed by atoms with Crippen molar-refractivity contribution >= 4 is 6.29 Å². The number of rotatable bonds is 5. The van der Waals surface area contributed by atoms with Gasteiger partial charge in [0.15, 0.2) is 11.5 Å². The van der Waals surface area contributed by atoms with Gasteiger partial charge in [-0.15, -0.1) is 0 Å². The monoisotopic (exact) mass is 284 g/mol. The number of hydrogen-bond donors (Lipinski definition) is 0. The van der Waals surface area contributed by atoms with Crippen LogP contribution in [0.4, 0.5) is 0 Å². The first kappa shape index (κ1) is 15.1. The quantitative estimate of drug-likeness (QED) is 0.778. The van der Waals surface area contributed by atoms with Gasteiger partial charge in [-0.1, -0.05) is 17.7 Å². The van der Waals surface area contributed by atoms with Crippen molar-refractivity contribution in [1.82, 2.24) is 0 Å². The third-order valence-corrected chi connectivity index (χ3v) is 3.54. The molecule has 2 aromatic carbocycles. The van der Waals surface area contributed by atoms with E-state index in [0.717, 1.165) is 6.29 Å². The Labute approximate surface area is 125 Å². The number of carbonyl (C=O) groups excluding carboxylic acids is 1. The van der Waals surface area contributed by atoms with Crippen LogP contribution in [0, 0.1) is 20.8 Å². The number of ether oxygens (including phenoxy) is 2. The molecule has 2 rings (SSSR count). The fourth-order valence-corrected chi connectivity index (χ4v) is 2.47. The van der Waals surface area contributed by atoms with E-state index in [-0.39, 0.29) is 0 Å². The first-order valence-electron chi connectivity index (χ1n) is 6.88. The lowest BCUT2D eigenvalue weighted by Gasteiger charge is -2.15. The molecule has 0 unspecified atom stereocenters. The Morgan fingerprint density at radius 3 is 2.24 bits per heavy atom. The predicted octanol–water partition coefficient (Wildman–Crippen LogP) is 4.01. The van der Waals surface area contributed by atoms with Gasteiger partial charge < -0.3 is 9.47 Å². The highest BCUT2D eigenvalue weighted by Crippen LogP contribution is 2.29. The minimum Gasteiger partial charge on any atom is -0.493 e. The molecule has 3 heteroatoms. The van der Waals surface area contributed by atoms with Crippen molar-refractivity contribution in [3.63, 3.8) is 0 Å². The van der Waals surface area contributed by atoms with Gasteiger partial charge in [-0.3, -0.25) is 4.79 Å². The Balaban J connectivity index is 2.26. The highest BCUT2D eigenvalue weighted by molar-refractivity contribution is 5.76. The van der Waals surface area contributed by atoms with Crippen molar-refractivity contribution in [2.45, 2.75) is 27.4 Å². The van der Waals surface area contributed by atoms with Gasteiger partial charge in [0.25, 0.3) is 0 Å². The van der Waals surface area contributed by atoms with Crippen LogP contribution in [-0.2, 0) is 6.61 Å². The molecule has 0 heterocycles. The van der Waals surface area contributed by atoms with E-state index in [1.54, 1.807) is 25.3 Å². The minimum atomic E-state index is 0.455. The summed E-state index contributed by atoms with van der Waals surface area (Å²) in [6, 6.07) is 9.44. The third-order valence-electron chi connectivity index (χ3n) is 3.54. The molecule has 0 aromatic heterocycles. The van der Waals surface area contributed by atoms with Gasteiger partial charge in [-0.05, 0) is 55.7 Å². The molecule has 0 atom stereocenters. The Morgan fingerprint density at radius 1 is 1.00 bits per heavy atom. The van der Waals surface area contributed by atoms with Gasteiger partial charge in [0.2, 0.25) is 0 Å². The van der Waals surface area contributed by atoms with Crippen LogP contribution in [0.25, 0.3) is 0 Å². The van der Waals surface area contributed by atoms with Crippen molar-refractivity contribution in [3.8, 4) is 11.5 Å². The number of methoxy groups -OCH3 is 1. The fraction of sp³-hybridized carbons (Fsp3) is 0.278. The molecule has 2 aromatic rings.